The van der Waals surface area contributed by atoms with Crippen molar-refractivity contribution in [1.82, 2.24) is 19.6 Å². The highest BCUT2D eigenvalue weighted by Gasteiger charge is 2.24. The van der Waals surface area contributed by atoms with Gasteiger partial charge in [-0.25, -0.2) is 9.59 Å². The van der Waals surface area contributed by atoms with Crippen LogP contribution in [0.1, 0.15) is 31.3 Å². The van der Waals surface area contributed by atoms with Gasteiger partial charge in [0.25, 0.3) is 5.91 Å². The molecular formula is C12H13N5O5. The minimum atomic E-state index is -1.28. The van der Waals surface area contributed by atoms with Gasteiger partial charge in [-0.3, -0.25) is 14.2 Å². The zero-order valence-electron chi connectivity index (χ0n) is 12.0. The van der Waals surface area contributed by atoms with Crippen LogP contribution in [0.4, 0.5) is 5.69 Å². The molecular weight excluding hydrogens is 294 g/mol. The van der Waals surface area contributed by atoms with Crippen LogP contribution in [0.25, 0.3) is 0 Å². The minimum Gasteiger partial charge on any atom is -0.478 e. The maximum Gasteiger partial charge on any atom is 0.358 e. The van der Waals surface area contributed by atoms with Crippen LogP contribution >= 0.6 is 0 Å². The van der Waals surface area contributed by atoms with Crippen molar-refractivity contribution in [2.75, 3.05) is 12.4 Å². The summed E-state index contributed by atoms with van der Waals surface area (Å²) in [4.78, 5) is 34.9. The molecule has 2 heterocycles. The Bertz CT molecular complexity index is 760. The van der Waals surface area contributed by atoms with Crippen LogP contribution in [0.15, 0.2) is 12.4 Å². The second-order valence-electron chi connectivity index (χ2n) is 4.35. The van der Waals surface area contributed by atoms with E-state index in [2.05, 4.69) is 20.3 Å². The Morgan fingerprint density at radius 1 is 1.32 bits per heavy atom. The fourth-order valence-electron chi connectivity index (χ4n) is 1.86. The average Bonchev–Trinajstić information content (AvgIpc) is 3.02. The number of methoxy groups -OCH3 is 1. The molecule has 2 N–H and O–H groups in total. The lowest BCUT2D eigenvalue weighted by Crippen LogP contribution is -2.19. The number of aromatic nitrogens is 4. The summed E-state index contributed by atoms with van der Waals surface area (Å²) >= 11 is 0. The standard InChI is InChI=1S/C12H13N5O5/c1-16-5-6(11(19)20)8(15-16)10(18)14-7-4-13-17(2)9(7)12(21)22-3/h4-5H,1-3H3,(H,14,18)(H,19,20). The number of anilines is 1. The number of carbonyl (C=O) groups excluding carboxylic acids is 2. The number of hydrogen-bond acceptors (Lipinski definition) is 6. The number of carboxylic acid groups (broad SMARTS) is 1. The van der Waals surface area contributed by atoms with Crippen molar-refractivity contribution >= 4 is 23.5 Å². The van der Waals surface area contributed by atoms with Gasteiger partial charge >= 0.3 is 11.9 Å². The van der Waals surface area contributed by atoms with Crippen molar-refractivity contribution < 1.29 is 24.2 Å². The SMILES string of the molecule is COC(=O)c1c(NC(=O)c2nn(C)cc2C(=O)O)cnn1C. The number of carboxylic acids is 1. The summed E-state index contributed by atoms with van der Waals surface area (Å²) in [6.45, 7) is 0. The average molecular weight is 307 g/mol. The molecule has 116 valence electrons. The van der Waals surface area contributed by atoms with Gasteiger partial charge in [-0.05, 0) is 0 Å². The predicted molar refractivity (Wildman–Crippen MR) is 72.7 cm³/mol. The van der Waals surface area contributed by atoms with Crippen LogP contribution in [-0.2, 0) is 18.8 Å². The Morgan fingerprint density at radius 2 is 2.00 bits per heavy atom. The second-order valence-corrected chi connectivity index (χ2v) is 4.35. The van der Waals surface area contributed by atoms with Crippen LogP contribution in [-0.4, -0.2) is 49.6 Å². The molecule has 0 atom stereocenters. The van der Waals surface area contributed by atoms with Crippen molar-refractivity contribution in [3.8, 4) is 0 Å². The van der Waals surface area contributed by atoms with Gasteiger partial charge in [0.1, 0.15) is 5.56 Å². The van der Waals surface area contributed by atoms with E-state index >= 15 is 0 Å². The molecule has 0 saturated heterocycles. The molecule has 22 heavy (non-hydrogen) atoms. The summed E-state index contributed by atoms with van der Waals surface area (Å²) in [5.41, 5.74) is -0.386. The van der Waals surface area contributed by atoms with E-state index in [0.717, 1.165) is 0 Å². The molecule has 0 aliphatic heterocycles. The van der Waals surface area contributed by atoms with Gasteiger partial charge in [0.2, 0.25) is 0 Å². The number of ether oxygens (including phenoxy) is 1. The molecule has 1 amide bonds. The van der Waals surface area contributed by atoms with Crippen LogP contribution in [0, 0.1) is 0 Å². The van der Waals surface area contributed by atoms with Crippen molar-refractivity contribution in [2.24, 2.45) is 14.1 Å². The van der Waals surface area contributed by atoms with Crippen LogP contribution in [0.5, 0.6) is 0 Å². The zero-order chi connectivity index (χ0) is 16.4. The molecule has 0 radical (unpaired) electrons. The minimum absolute atomic E-state index is 0.0312. The first-order valence-corrected chi connectivity index (χ1v) is 6.03. The summed E-state index contributed by atoms with van der Waals surface area (Å²) in [6.07, 6.45) is 2.47. The lowest BCUT2D eigenvalue weighted by Gasteiger charge is -2.05. The normalized spacial score (nSPS) is 10.3. The van der Waals surface area contributed by atoms with E-state index in [0.29, 0.717) is 0 Å². The lowest BCUT2D eigenvalue weighted by atomic mass is 10.2. The molecule has 2 aromatic rings. The van der Waals surface area contributed by atoms with Gasteiger partial charge in [-0.2, -0.15) is 10.2 Å². The molecule has 0 fully saturated rings. The maximum absolute atomic E-state index is 12.2. The smallest absolute Gasteiger partial charge is 0.358 e. The summed E-state index contributed by atoms with van der Waals surface area (Å²) in [5.74, 6) is -2.73. The highest BCUT2D eigenvalue weighted by Crippen LogP contribution is 2.17. The number of rotatable bonds is 4. The summed E-state index contributed by atoms with van der Waals surface area (Å²) in [6, 6.07) is 0. The Morgan fingerprint density at radius 3 is 2.59 bits per heavy atom. The third-order valence-electron chi connectivity index (χ3n) is 2.84. The van der Waals surface area contributed by atoms with Crippen LogP contribution in [0.3, 0.4) is 0 Å². The van der Waals surface area contributed by atoms with Crippen LogP contribution < -0.4 is 5.32 Å². The summed E-state index contributed by atoms with van der Waals surface area (Å²) < 4.78 is 7.05. The van der Waals surface area contributed by atoms with Gasteiger partial charge in [-0.15, -0.1) is 0 Å². The molecule has 2 rings (SSSR count). The van der Waals surface area contributed by atoms with E-state index < -0.39 is 17.8 Å². The highest BCUT2D eigenvalue weighted by atomic mass is 16.5. The number of carbonyl (C=O) groups is 3. The second kappa shape index (κ2) is 5.68. The first kappa shape index (κ1) is 15.2. The van der Waals surface area contributed by atoms with E-state index in [1.165, 1.54) is 43.0 Å². The van der Waals surface area contributed by atoms with Gasteiger partial charge in [0.15, 0.2) is 11.4 Å². The van der Waals surface area contributed by atoms with Gasteiger partial charge < -0.3 is 15.2 Å². The molecule has 10 heteroatoms. The third-order valence-corrected chi connectivity index (χ3v) is 2.84. The molecule has 0 aliphatic carbocycles. The van der Waals surface area contributed by atoms with Gasteiger partial charge in [-0.1, -0.05) is 0 Å². The van der Waals surface area contributed by atoms with E-state index in [4.69, 9.17) is 5.11 Å². The lowest BCUT2D eigenvalue weighted by molar-refractivity contribution is 0.0588. The van der Waals surface area contributed by atoms with Crippen molar-refractivity contribution in [3.63, 3.8) is 0 Å². The molecule has 10 nitrogen and oxygen atoms in total. The number of amides is 1. The third kappa shape index (κ3) is 2.66. The molecule has 0 spiro atoms. The number of nitrogens with zero attached hydrogens (tertiary/aromatic N) is 4. The van der Waals surface area contributed by atoms with E-state index in [1.54, 1.807) is 0 Å². The first-order valence-electron chi connectivity index (χ1n) is 6.03. The molecule has 2 aromatic heterocycles. The quantitative estimate of drug-likeness (QED) is 0.754. The fraction of sp³-hybridized carbons (Fsp3) is 0.250. The van der Waals surface area contributed by atoms with E-state index in [9.17, 15) is 14.4 Å². The fourth-order valence-corrected chi connectivity index (χ4v) is 1.86. The van der Waals surface area contributed by atoms with Crippen molar-refractivity contribution in [2.45, 2.75) is 0 Å². The van der Waals surface area contributed by atoms with Crippen LogP contribution in [0.2, 0.25) is 0 Å². The Kier molecular flexibility index (Phi) is 3.93. The molecule has 0 saturated carbocycles. The van der Waals surface area contributed by atoms with E-state index in [1.807, 2.05) is 0 Å². The summed E-state index contributed by atoms with van der Waals surface area (Å²) in [5, 5.41) is 19.1. The first-order chi connectivity index (χ1) is 10.3. The number of aromatic carboxylic acids is 1. The Balaban J connectivity index is 2.34. The van der Waals surface area contributed by atoms with Gasteiger partial charge in [0, 0.05) is 20.3 Å². The summed E-state index contributed by atoms with van der Waals surface area (Å²) in [7, 11) is 4.20. The number of esters is 1. The zero-order valence-corrected chi connectivity index (χ0v) is 12.0. The molecule has 0 bridgehead atoms. The molecule has 0 aliphatic rings. The van der Waals surface area contributed by atoms with Gasteiger partial charge in [0.05, 0.1) is 19.0 Å². The molecule has 0 unspecified atom stereocenters. The largest absolute Gasteiger partial charge is 0.478 e. The number of nitrogens with one attached hydrogen (secondary N) is 1. The monoisotopic (exact) mass is 307 g/mol. The van der Waals surface area contributed by atoms with E-state index in [-0.39, 0.29) is 22.6 Å². The highest BCUT2D eigenvalue weighted by molar-refractivity contribution is 6.11. The molecule has 0 aromatic carbocycles. The number of hydrogen-bond donors (Lipinski definition) is 2. The van der Waals surface area contributed by atoms with Crippen molar-refractivity contribution in [3.05, 3.63) is 29.3 Å². The Labute approximate surface area is 124 Å². The Hall–Kier alpha value is -3.17. The predicted octanol–water partition coefficient (Wildman–Crippen LogP) is -0.109. The number of aryl methyl sites for hydroxylation is 2. The maximum atomic E-state index is 12.2. The topological polar surface area (TPSA) is 128 Å². The van der Waals surface area contributed by atoms with Crippen molar-refractivity contribution in [1.29, 1.82) is 0 Å².